The number of hydrogen-bond donors (Lipinski definition) is 1. The topological polar surface area (TPSA) is 57.9 Å². The molecule has 0 aliphatic carbocycles. The van der Waals surface area contributed by atoms with Crippen LogP contribution in [0, 0.1) is 25.7 Å². The van der Waals surface area contributed by atoms with E-state index < -0.39 is 0 Å². The number of rotatable bonds is 5. The number of aliphatic hydroxyl groups excluding tert-OH is 1. The third-order valence-electron chi connectivity index (χ3n) is 5.81. The van der Waals surface area contributed by atoms with E-state index in [4.69, 9.17) is 4.74 Å². The van der Waals surface area contributed by atoms with E-state index in [0.717, 1.165) is 62.9 Å². The van der Waals surface area contributed by atoms with Gasteiger partial charge in [-0.25, -0.2) is 0 Å². The van der Waals surface area contributed by atoms with E-state index in [0.29, 0.717) is 12.5 Å². The molecule has 6 nitrogen and oxygen atoms in total. The van der Waals surface area contributed by atoms with Crippen LogP contribution in [0.15, 0.2) is 6.07 Å². The van der Waals surface area contributed by atoms with Gasteiger partial charge in [-0.1, -0.05) is 0 Å². The number of nitrogens with zero attached hydrogens (tertiary/aromatic N) is 3. The predicted molar refractivity (Wildman–Crippen MR) is 96.8 cm³/mol. The second-order valence-electron chi connectivity index (χ2n) is 7.35. The summed E-state index contributed by atoms with van der Waals surface area (Å²) < 4.78 is 7.59. The Morgan fingerprint density at radius 1 is 1.24 bits per heavy atom. The fourth-order valence-corrected chi connectivity index (χ4v) is 4.31. The maximum atomic E-state index is 13.0. The first-order valence-corrected chi connectivity index (χ1v) is 9.42. The van der Waals surface area contributed by atoms with Gasteiger partial charge in [0.2, 0.25) is 0 Å². The quantitative estimate of drug-likeness (QED) is 0.866. The van der Waals surface area contributed by atoms with Crippen LogP contribution in [0.5, 0.6) is 0 Å². The molecule has 2 aliphatic rings. The van der Waals surface area contributed by atoms with Gasteiger partial charge < -0.3 is 19.3 Å². The van der Waals surface area contributed by atoms with E-state index in [9.17, 15) is 9.90 Å². The lowest BCUT2D eigenvalue weighted by Crippen LogP contribution is -2.41. The highest BCUT2D eigenvalue weighted by molar-refractivity contribution is 5.96. The molecule has 1 N–H and O–H groups in total. The third kappa shape index (κ3) is 3.76. The van der Waals surface area contributed by atoms with Crippen LogP contribution in [0.25, 0.3) is 0 Å². The number of carbonyl (C=O) groups is 1. The van der Waals surface area contributed by atoms with E-state index >= 15 is 0 Å². The minimum Gasteiger partial charge on any atom is -0.396 e. The van der Waals surface area contributed by atoms with Crippen molar-refractivity contribution < 1.29 is 14.6 Å². The first kappa shape index (κ1) is 18.4. The molecule has 2 saturated heterocycles. The zero-order chi connectivity index (χ0) is 18.0. The van der Waals surface area contributed by atoms with Crippen LogP contribution >= 0.6 is 0 Å². The maximum Gasteiger partial charge on any atom is 0.255 e. The second kappa shape index (κ2) is 7.89. The van der Waals surface area contributed by atoms with E-state index in [1.807, 2.05) is 17.9 Å². The summed E-state index contributed by atoms with van der Waals surface area (Å²) in [6.07, 6.45) is 0. The summed E-state index contributed by atoms with van der Waals surface area (Å²) in [4.78, 5) is 17.4. The molecule has 0 radical (unpaired) electrons. The fraction of sp³-hybridized carbons (Fsp3) is 0.737. The smallest absolute Gasteiger partial charge is 0.255 e. The lowest BCUT2D eigenvalue weighted by atomic mass is 9.96. The molecule has 1 amide bonds. The summed E-state index contributed by atoms with van der Waals surface area (Å²) in [5.41, 5.74) is 2.98. The number of amides is 1. The minimum atomic E-state index is 0.107. The van der Waals surface area contributed by atoms with Crippen molar-refractivity contribution >= 4 is 5.91 Å². The number of likely N-dealkylation sites (tertiary alicyclic amines) is 1. The number of carbonyl (C=O) groups excluding carboxylic acids is 1. The van der Waals surface area contributed by atoms with Crippen molar-refractivity contribution in [3.63, 3.8) is 0 Å². The van der Waals surface area contributed by atoms with Gasteiger partial charge in [-0.3, -0.25) is 9.69 Å². The van der Waals surface area contributed by atoms with Crippen LogP contribution in [0.4, 0.5) is 0 Å². The molecule has 0 spiro atoms. The molecule has 2 aliphatic heterocycles. The Labute approximate surface area is 150 Å². The Morgan fingerprint density at radius 2 is 1.92 bits per heavy atom. The predicted octanol–water partition coefficient (Wildman–Crippen LogP) is 1.14. The van der Waals surface area contributed by atoms with Gasteiger partial charge >= 0.3 is 0 Å². The molecular formula is C19H31N3O3. The van der Waals surface area contributed by atoms with Crippen molar-refractivity contribution in [3.8, 4) is 0 Å². The van der Waals surface area contributed by atoms with E-state index in [1.165, 1.54) is 0 Å². The summed E-state index contributed by atoms with van der Waals surface area (Å²) in [5.74, 6) is 0.610. The average molecular weight is 349 g/mol. The summed E-state index contributed by atoms with van der Waals surface area (Å²) in [6, 6.07) is 2.00. The van der Waals surface area contributed by atoms with Gasteiger partial charge in [0, 0.05) is 63.2 Å². The molecule has 0 saturated carbocycles. The van der Waals surface area contributed by atoms with Crippen molar-refractivity contribution in [2.75, 3.05) is 52.5 Å². The normalized spacial score (nSPS) is 24.9. The SMILES string of the molecule is CCn1c(C)cc(C(=O)N2C[C@@H](CN3CCOCC3)[C@@H](CO)C2)c1C. The summed E-state index contributed by atoms with van der Waals surface area (Å²) >= 11 is 0. The number of morpholine rings is 1. The van der Waals surface area contributed by atoms with Crippen molar-refractivity contribution in [2.24, 2.45) is 11.8 Å². The summed E-state index contributed by atoms with van der Waals surface area (Å²) in [6.45, 7) is 13.0. The van der Waals surface area contributed by atoms with Crippen molar-refractivity contribution in [1.82, 2.24) is 14.4 Å². The molecule has 1 aromatic heterocycles. The Balaban J connectivity index is 1.69. The van der Waals surface area contributed by atoms with Crippen molar-refractivity contribution in [1.29, 1.82) is 0 Å². The van der Waals surface area contributed by atoms with Crippen LogP contribution in [0.2, 0.25) is 0 Å². The fourth-order valence-electron chi connectivity index (χ4n) is 4.31. The second-order valence-corrected chi connectivity index (χ2v) is 7.35. The number of aromatic nitrogens is 1. The van der Waals surface area contributed by atoms with E-state index in [2.05, 4.69) is 23.3 Å². The van der Waals surface area contributed by atoms with Gasteiger partial charge in [0.1, 0.15) is 0 Å². The van der Waals surface area contributed by atoms with Gasteiger partial charge in [0.15, 0.2) is 0 Å². The molecule has 0 unspecified atom stereocenters. The molecule has 2 fully saturated rings. The van der Waals surface area contributed by atoms with Gasteiger partial charge in [-0.05, 0) is 32.8 Å². The van der Waals surface area contributed by atoms with Gasteiger partial charge in [0.05, 0.1) is 18.8 Å². The molecule has 6 heteroatoms. The average Bonchev–Trinajstić information content (AvgIpc) is 3.15. The summed E-state index contributed by atoms with van der Waals surface area (Å²) in [7, 11) is 0. The molecule has 3 rings (SSSR count). The Kier molecular flexibility index (Phi) is 5.81. The number of hydrogen-bond acceptors (Lipinski definition) is 4. The van der Waals surface area contributed by atoms with E-state index in [-0.39, 0.29) is 18.4 Å². The van der Waals surface area contributed by atoms with Crippen LogP contribution in [0.3, 0.4) is 0 Å². The third-order valence-corrected chi connectivity index (χ3v) is 5.81. The standard InChI is InChI=1S/C19H31N3O3/c1-4-22-14(2)9-18(15(22)3)19(24)21-11-16(17(12-21)13-23)10-20-5-7-25-8-6-20/h9,16-17,23H,4-8,10-13H2,1-3H3/t16-,17-/m1/s1. The number of aliphatic hydroxyl groups is 1. The molecule has 3 heterocycles. The molecule has 1 aromatic rings. The first-order chi connectivity index (χ1) is 12.0. The highest BCUT2D eigenvalue weighted by Gasteiger charge is 2.37. The Bertz CT molecular complexity index is 607. The molecule has 140 valence electrons. The lowest BCUT2D eigenvalue weighted by Gasteiger charge is -2.30. The van der Waals surface area contributed by atoms with Crippen LogP contribution in [-0.4, -0.2) is 77.9 Å². The molecular weight excluding hydrogens is 318 g/mol. The Hall–Kier alpha value is -1.37. The van der Waals surface area contributed by atoms with Crippen LogP contribution in [0.1, 0.15) is 28.7 Å². The Morgan fingerprint density at radius 3 is 2.52 bits per heavy atom. The van der Waals surface area contributed by atoms with Gasteiger partial charge in [-0.15, -0.1) is 0 Å². The van der Waals surface area contributed by atoms with E-state index in [1.54, 1.807) is 0 Å². The molecule has 0 aromatic carbocycles. The number of ether oxygens (including phenoxy) is 1. The first-order valence-electron chi connectivity index (χ1n) is 9.42. The van der Waals surface area contributed by atoms with Crippen molar-refractivity contribution in [3.05, 3.63) is 23.0 Å². The zero-order valence-corrected chi connectivity index (χ0v) is 15.7. The number of aryl methyl sites for hydroxylation is 1. The lowest BCUT2D eigenvalue weighted by molar-refractivity contribution is 0.0264. The van der Waals surface area contributed by atoms with Crippen molar-refractivity contribution in [2.45, 2.75) is 27.3 Å². The highest BCUT2D eigenvalue weighted by Crippen LogP contribution is 2.27. The summed E-state index contributed by atoms with van der Waals surface area (Å²) in [5, 5.41) is 9.79. The maximum absolute atomic E-state index is 13.0. The van der Waals surface area contributed by atoms with Crippen LogP contribution in [-0.2, 0) is 11.3 Å². The van der Waals surface area contributed by atoms with Gasteiger partial charge in [0.25, 0.3) is 5.91 Å². The van der Waals surface area contributed by atoms with Crippen LogP contribution < -0.4 is 0 Å². The molecule has 0 bridgehead atoms. The molecule has 25 heavy (non-hydrogen) atoms. The zero-order valence-electron chi connectivity index (χ0n) is 15.7. The monoisotopic (exact) mass is 349 g/mol. The van der Waals surface area contributed by atoms with Gasteiger partial charge in [-0.2, -0.15) is 0 Å². The molecule has 2 atom stereocenters. The largest absolute Gasteiger partial charge is 0.396 e. The minimum absolute atomic E-state index is 0.107. The highest BCUT2D eigenvalue weighted by atomic mass is 16.5.